The van der Waals surface area contributed by atoms with Gasteiger partial charge in [0.2, 0.25) is 5.91 Å². The Balaban J connectivity index is 1.88. The van der Waals surface area contributed by atoms with E-state index in [1.165, 1.54) is 12.1 Å². The van der Waals surface area contributed by atoms with Crippen LogP contribution in [0.5, 0.6) is 0 Å². The van der Waals surface area contributed by atoms with Crippen LogP contribution in [-0.4, -0.2) is 29.3 Å². The van der Waals surface area contributed by atoms with E-state index in [-0.39, 0.29) is 41.9 Å². The maximum atomic E-state index is 14.3. The van der Waals surface area contributed by atoms with Crippen molar-refractivity contribution in [2.45, 2.75) is 45.2 Å². The molecule has 2 aromatic carbocycles. The zero-order chi connectivity index (χ0) is 20.1. The predicted molar refractivity (Wildman–Crippen MR) is 107 cm³/mol. The summed E-state index contributed by atoms with van der Waals surface area (Å²) in [5.41, 5.74) is 1.05. The van der Waals surface area contributed by atoms with Crippen LogP contribution < -0.4 is 5.32 Å². The van der Waals surface area contributed by atoms with Gasteiger partial charge in [0.1, 0.15) is 5.82 Å². The fourth-order valence-corrected chi connectivity index (χ4v) is 3.68. The molecule has 0 saturated carbocycles. The van der Waals surface area contributed by atoms with Gasteiger partial charge in [0.15, 0.2) is 0 Å². The molecule has 1 N–H and O–H groups in total. The second kappa shape index (κ2) is 9.00. The van der Waals surface area contributed by atoms with Crippen molar-refractivity contribution in [2.75, 3.05) is 6.54 Å². The van der Waals surface area contributed by atoms with Gasteiger partial charge in [-0.1, -0.05) is 49.4 Å². The van der Waals surface area contributed by atoms with Crippen molar-refractivity contribution < 1.29 is 14.0 Å². The molecule has 3 rings (SSSR count). The highest BCUT2D eigenvalue weighted by molar-refractivity contribution is 5.95. The van der Waals surface area contributed by atoms with Crippen LogP contribution >= 0.6 is 0 Å². The number of rotatable bonds is 5. The molecule has 1 saturated heterocycles. The van der Waals surface area contributed by atoms with Gasteiger partial charge in [-0.3, -0.25) is 9.59 Å². The SMILES string of the molecule is CC[C@H](C)NC(=O)[C@H]1CC[C@@H](c2ccccc2)N(C(=O)c2ccccc2F)C1. The monoisotopic (exact) mass is 382 g/mol. The summed E-state index contributed by atoms with van der Waals surface area (Å²) in [7, 11) is 0. The Morgan fingerprint density at radius 2 is 1.79 bits per heavy atom. The summed E-state index contributed by atoms with van der Waals surface area (Å²) in [6, 6.07) is 15.7. The maximum absolute atomic E-state index is 14.3. The number of likely N-dealkylation sites (tertiary alicyclic amines) is 1. The number of hydrogen-bond acceptors (Lipinski definition) is 2. The molecule has 0 aliphatic carbocycles. The molecule has 1 heterocycles. The Morgan fingerprint density at radius 3 is 2.46 bits per heavy atom. The lowest BCUT2D eigenvalue weighted by atomic mass is 9.87. The van der Waals surface area contributed by atoms with Crippen LogP contribution in [0.1, 0.15) is 55.1 Å². The van der Waals surface area contributed by atoms with Crippen molar-refractivity contribution in [1.82, 2.24) is 10.2 Å². The lowest BCUT2D eigenvalue weighted by Gasteiger charge is -2.40. The first kappa shape index (κ1) is 20.1. The molecule has 148 valence electrons. The summed E-state index contributed by atoms with van der Waals surface area (Å²) < 4.78 is 14.3. The van der Waals surface area contributed by atoms with Gasteiger partial charge in [-0.15, -0.1) is 0 Å². The van der Waals surface area contributed by atoms with Crippen LogP contribution in [0.4, 0.5) is 4.39 Å². The highest BCUT2D eigenvalue weighted by atomic mass is 19.1. The minimum Gasteiger partial charge on any atom is -0.353 e. The third-order valence-corrected chi connectivity index (χ3v) is 5.50. The van der Waals surface area contributed by atoms with Gasteiger partial charge in [-0.05, 0) is 43.9 Å². The van der Waals surface area contributed by atoms with E-state index in [1.54, 1.807) is 17.0 Å². The second-order valence-electron chi connectivity index (χ2n) is 7.46. The summed E-state index contributed by atoms with van der Waals surface area (Å²) in [6.07, 6.45) is 2.22. The van der Waals surface area contributed by atoms with Crippen molar-refractivity contribution in [3.63, 3.8) is 0 Å². The maximum Gasteiger partial charge on any atom is 0.257 e. The molecular formula is C23H27FN2O2. The van der Waals surface area contributed by atoms with Crippen LogP contribution in [0.25, 0.3) is 0 Å². The summed E-state index contributed by atoms with van der Waals surface area (Å²) in [5, 5.41) is 3.01. The molecule has 4 nitrogen and oxygen atoms in total. The summed E-state index contributed by atoms with van der Waals surface area (Å²) in [6.45, 7) is 4.27. The lowest BCUT2D eigenvalue weighted by molar-refractivity contribution is -0.127. The first-order valence-corrected chi connectivity index (χ1v) is 9.92. The van der Waals surface area contributed by atoms with E-state index in [9.17, 15) is 14.0 Å². The van der Waals surface area contributed by atoms with E-state index >= 15 is 0 Å². The number of hydrogen-bond donors (Lipinski definition) is 1. The van der Waals surface area contributed by atoms with Gasteiger partial charge >= 0.3 is 0 Å². The molecule has 5 heteroatoms. The number of carbonyl (C=O) groups is 2. The third-order valence-electron chi connectivity index (χ3n) is 5.50. The molecule has 0 bridgehead atoms. The highest BCUT2D eigenvalue weighted by Gasteiger charge is 2.36. The Hall–Kier alpha value is -2.69. The van der Waals surface area contributed by atoms with Crippen LogP contribution in [0.2, 0.25) is 0 Å². The first-order valence-electron chi connectivity index (χ1n) is 9.92. The Morgan fingerprint density at radius 1 is 1.11 bits per heavy atom. The average Bonchev–Trinajstić information content (AvgIpc) is 2.73. The van der Waals surface area contributed by atoms with E-state index < -0.39 is 5.82 Å². The quantitative estimate of drug-likeness (QED) is 0.837. The van der Waals surface area contributed by atoms with E-state index in [0.717, 1.165) is 12.0 Å². The fraction of sp³-hybridized carbons (Fsp3) is 0.391. The number of nitrogens with one attached hydrogen (secondary N) is 1. The van der Waals surface area contributed by atoms with E-state index in [1.807, 2.05) is 44.2 Å². The summed E-state index contributed by atoms with van der Waals surface area (Å²) in [4.78, 5) is 27.5. The molecule has 0 aromatic heterocycles. The van der Waals surface area contributed by atoms with Gasteiger partial charge in [0.25, 0.3) is 5.91 Å². The molecule has 1 fully saturated rings. The van der Waals surface area contributed by atoms with Crippen molar-refractivity contribution in [1.29, 1.82) is 0 Å². The Labute approximate surface area is 165 Å². The normalized spacial score (nSPS) is 20.5. The number of benzene rings is 2. The standard InChI is InChI=1S/C23H27FN2O2/c1-3-16(2)25-22(27)18-13-14-21(17-9-5-4-6-10-17)26(15-18)23(28)19-11-7-8-12-20(19)24/h4-12,16,18,21H,3,13-15H2,1-2H3,(H,25,27)/t16-,18-,21-/m0/s1. The Kier molecular flexibility index (Phi) is 6.45. The molecule has 0 radical (unpaired) electrons. The van der Waals surface area contributed by atoms with Crippen molar-refractivity contribution in [3.05, 3.63) is 71.5 Å². The topological polar surface area (TPSA) is 49.4 Å². The van der Waals surface area contributed by atoms with Crippen molar-refractivity contribution in [3.8, 4) is 0 Å². The van der Waals surface area contributed by atoms with Crippen LogP contribution in [0.15, 0.2) is 54.6 Å². The highest BCUT2D eigenvalue weighted by Crippen LogP contribution is 2.35. The number of halogens is 1. The van der Waals surface area contributed by atoms with Gasteiger partial charge in [0, 0.05) is 12.6 Å². The number of amides is 2. The van der Waals surface area contributed by atoms with E-state index in [0.29, 0.717) is 12.8 Å². The fourth-order valence-electron chi connectivity index (χ4n) is 3.68. The zero-order valence-corrected chi connectivity index (χ0v) is 16.4. The van der Waals surface area contributed by atoms with Gasteiger partial charge in [-0.2, -0.15) is 0 Å². The van der Waals surface area contributed by atoms with E-state index in [4.69, 9.17) is 0 Å². The minimum atomic E-state index is -0.537. The van der Waals surface area contributed by atoms with Gasteiger partial charge in [0.05, 0.1) is 17.5 Å². The largest absolute Gasteiger partial charge is 0.353 e. The van der Waals surface area contributed by atoms with Gasteiger partial charge < -0.3 is 10.2 Å². The molecule has 1 aliphatic heterocycles. The number of carbonyl (C=O) groups excluding carboxylic acids is 2. The van der Waals surface area contributed by atoms with Gasteiger partial charge in [-0.25, -0.2) is 4.39 Å². The van der Waals surface area contributed by atoms with Crippen LogP contribution in [-0.2, 0) is 4.79 Å². The number of piperidine rings is 1. The molecule has 2 amide bonds. The summed E-state index contributed by atoms with van der Waals surface area (Å²) >= 11 is 0. The minimum absolute atomic E-state index is 0.0350. The third kappa shape index (κ3) is 4.41. The van der Waals surface area contributed by atoms with Crippen LogP contribution in [0, 0.1) is 11.7 Å². The summed E-state index contributed by atoms with van der Waals surface area (Å²) in [5.74, 6) is -1.23. The van der Waals surface area contributed by atoms with Crippen LogP contribution in [0.3, 0.4) is 0 Å². The first-order chi connectivity index (χ1) is 13.5. The average molecular weight is 382 g/mol. The molecular weight excluding hydrogens is 355 g/mol. The predicted octanol–water partition coefficient (Wildman–Crippen LogP) is 4.33. The molecule has 2 aromatic rings. The molecule has 0 spiro atoms. The molecule has 3 atom stereocenters. The Bertz CT molecular complexity index is 824. The van der Waals surface area contributed by atoms with E-state index in [2.05, 4.69) is 5.32 Å². The second-order valence-corrected chi connectivity index (χ2v) is 7.46. The molecule has 1 aliphatic rings. The zero-order valence-electron chi connectivity index (χ0n) is 16.4. The smallest absolute Gasteiger partial charge is 0.257 e. The number of nitrogens with zero attached hydrogens (tertiary/aromatic N) is 1. The lowest BCUT2D eigenvalue weighted by Crippen LogP contribution is -2.48. The molecule has 28 heavy (non-hydrogen) atoms. The van der Waals surface area contributed by atoms with Crippen molar-refractivity contribution >= 4 is 11.8 Å². The molecule has 0 unspecified atom stereocenters. The van der Waals surface area contributed by atoms with Crippen molar-refractivity contribution in [2.24, 2.45) is 5.92 Å².